The number of carboxylic acids is 1. The second kappa shape index (κ2) is 12.7. The second-order valence-corrected chi connectivity index (χ2v) is 5.42. The molecular formula is C19H31NO3. The molecule has 23 heavy (non-hydrogen) atoms. The van der Waals surface area contributed by atoms with Crippen molar-refractivity contribution in [3.05, 3.63) is 34.9 Å². The fourth-order valence-corrected chi connectivity index (χ4v) is 2.23. The number of aryl methyl sites for hydroxylation is 1. The molecule has 0 fully saturated rings. The summed E-state index contributed by atoms with van der Waals surface area (Å²) in [5.41, 5.74) is 2.77. The van der Waals surface area contributed by atoms with Gasteiger partial charge in [-0.25, -0.2) is 0 Å². The third-order valence-electron chi connectivity index (χ3n) is 3.50. The van der Waals surface area contributed by atoms with Gasteiger partial charge in [0.1, 0.15) is 0 Å². The van der Waals surface area contributed by atoms with Crippen molar-refractivity contribution in [1.82, 2.24) is 5.32 Å². The first kappa shape index (κ1) is 21.2. The van der Waals surface area contributed by atoms with Crippen LogP contribution in [0.3, 0.4) is 0 Å². The molecule has 4 nitrogen and oxygen atoms in total. The van der Waals surface area contributed by atoms with Crippen molar-refractivity contribution in [3.63, 3.8) is 0 Å². The molecule has 0 unspecified atom stereocenters. The van der Waals surface area contributed by atoms with Crippen molar-refractivity contribution in [2.24, 2.45) is 0 Å². The number of aliphatic carboxylic acids is 1. The number of carbonyl (C=O) groups is 2. The lowest BCUT2D eigenvalue weighted by Gasteiger charge is -2.08. The van der Waals surface area contributed by atoms with E-state index < -0.39 is 5.97 Å². The molecule has 0 atom stereocenters. The highest BCUT2D eigenvalue weighted by Gasteiger charge is 2.06. The number of hydrogen-bond donors (Lipinski definition) is 2. The van der Waals surface area contributed by atoms with Crippen LogP contribution in [0.2, 0.25) is 0 Å². The van der Waals surface area contributed by atoms with Crippen molar-refractivity contribution < 1.29 is 14.7 Å². The largest absolute Gasteiger partial charge is 0.481 e. The molecule has 1 aromatic carbocycles. The molecule has 2 N–H and O–H groups in total. The number of carboxylic acid groups (broad SMARTS) is 1. The average Bonchev–Trinajstić information content (AvgIpc) is 2.53. The van der Waals surface area contributed by atoms with E-state index in [4.69, 9.17) is 5.11 Å². The van der Waals surface area contributed by atoms with Gasteiger partial charge in [0.05, 0.1) is 6.42 Å². The minimum atomic E-state index is -0.828. The highest BCUT2D eigenvalue weighted by Crippen LogP contribution is 2.12. The van der Waals surface area contributed by atoms with Gasteiger partial charge in [-0.2, -0.15) is 0 Å². The van der Waals surface area contributed by atoms with Crippen LogP contribution in [-0.2, 0) is 22.6 Å². The highest BCUT2D eigenvalue weighted by molar-refractivity contribution is 5.75. The molecule has 0 aliphatic heterocycles. The Balaban J connectivity index is 0.00000232. The van der Waals surface area contributed by atoms with E-state index in [1.807, 2.05) is 39.0 Å². The van der Waals surface area contributed by atoms with E-state index in [0.717, 1.165) is 29.5 Å². The summed E-state index contributed by atoms with van der Waals surface area (Å²) in [4.78, 5) is 22.4. The number of carbonyl (C=O) groups excluding carboxylic acids is 1. The summed E-state index contributed by atoms with van der Waals surface area (Å²) in [6.45, 7) is 8.55. The van der Waals surface area contributed by atoms with Crippen LogP contribution in [-0.4, -0.2) is 17.0 Å². The Bertz CT molecular complexity index is 484. The Labute approximate surface area is 140 Å². The number of unbranched alkanes of at least 4 members (excludes halogenated alkanes) is 3. The van der Waals surface area contributed by atoms with E-state index in [1.54, 1.807) is 0 Å². The maximum absolute atomic E-state index is 11.7. The van der Waals surface area contributed by atoms with Crippen molar-refractivity contribution in [2.45, 2.75) is 72.8 Å². The molecule has 4 heteroatoms. The molecule has 0 spiro atoms. The second-order valence-electron chi connectivity index (χ2n) is 5.42. The Morgan fingerprint density at radius 1 is 1.13 bits per heavy atom. The molecule has 0 saturated carbocycles. The van der Waals surface area contributed by atoms with E-state index in [-0.39, 0.29) is 12.3 Å². The predicted octanol–water partition coefficient (Wildman–Crippen LogP) is 4.23. The summed E-state index contributed by atoms with van der Waals surface area (Å²) in [6, 6.07) is 5.64. The van der Waals surface area contributed by atoms with E-state index in [2.05, 4.69) is 12.2 Å². The standard InChI is InChI=1S/C17H25NO3.C2H6/c1-3-4-5-6-7-16(19)18-12-14-8-9-15(11-17(20)21)13(2)10-14;1-2/h8-10H,3-7,11-12H2,1-2H3,(H,18,19)(H,20,21);1-2H3. The van der Waals surface area contributed by atoms with Gasteiger partial charge >= 0.3 is 5.97 Å². The summed E-state index contributed by atoms with van der Waals surface area (Å²) in [5.74, 6) is -0.746. The van der Waals surface area contributed by atoms with Crippen molar-refractivity contribution in [2.75, 3.05) is 0 Å². The highest BCUT2D eigenvalue weighted by atomic mass is 16.4. The summed E-state index contributed by atoms with van der Waals surface area (Å²) < 4.78 is 0. The minimum Gasteiger partial charge on any atom is -0.481 e. The summed E-state index contributed by atoms with van der Waals surface area (Å²) >= 11 is 0. The third-order valence-corrected chi connectivity index (χ3v) is 3.50. The van der Waals surface area contributed by atoms with Gasteiger partial charge in [0.25, 0.3) is 0 Å². The van der Waals surface area contributed by atoms with Gasteiger partial charge in [-0.3, -0.25) is 9.59 Å². The maximum atomic E-state index is 11.7. The number of rotatable bonds is 9. The molecule has 0 saturated heterocycles. The minimum absolute atomic E-state index is 0.0376. The monoisotopic (exact) mass is 321 g/mol. The zero-order valence-electron chi connectivity index (χ0n) is 14.9. The van der Waals surface area contributed by atoms with E-state index in [0.29, 0.717) is 13.0 Å². The Kier molecular flexibility index (Phi) is 11.7. The summed E-state index contributed by atoms with van der Waals surface area (Å²) in [5, 5.41) is 11.7. The smallest absolute Gasteiger partial charge is 0.307 e. The molecule has 0 aromatic heterocycles. The molecular weight excluding hydrogens is 290 g/mol. The maximum Gasteiger partial charge on any atom is 0.307 e. The zero-order chi connectivity index (χ0) is 17.7. The van der Waals surface area contributed by atoms with Crippen LogP contribution in [0.4, 0.5) is 0 Å². The van der Waals surface area contributed by atoms with Gasteiger partial charge in [-0.1, -0.05) is 58.2 Å². The van der Waals surface area contributed by atoms with Gasteiger partial charge in [-0.15, -0.1) is 0 Å². The number of hydrogen-bond acceptors (Lipinski definition) is 2. The summed E-state index contributed by atoms with van der Waals surface area (Å²) in [7, 11) is 0. The predicted molar refractivity (Wildman–Crippen MR) is 94.5 cm³/mol. The number of amides is 1. The van der Waals surface area contributed by atoms with Crippen LogP contribution in [0, 0.1) is 6.92 Å². The van der Waals surface area contributed by atoms with Crippen LogP contribution < -0.4 is 5.32 Å². The molecule has 0 radical (unpaired) electrons. The fraction of sp³-hybridized carbons (Fsp3) is 0.579. The molecule has 0 aliphatic rings. The van der Waals surface area contributed by atoms with E-state index in [1.165, 1.54) is 12.8 Å². The van der Waals surface area contributed by atoms with Gasteiger partial charge in [0, 0.05) is 13.0 Å². The molecule has 0 aliphatic carbocycles. The van der Waals surface area contributed by atoms with Crippen molar-refractivity contribution in [1.29, 1.82) is 0 Å². The first-order valence-corrected chi connectivity index (χ1v) is 8.59. The average molecular weight is 321 g/mol. The molecule has 1 rings (SSSR count). The van der Waals surface area contributed by atoms with Crippen molar-refractivity contribution in [3.8, 4) is 0 Å². The van der Waals surface area contributed by atoms with Crippen LogP contribution in [0.25, 0.3) is 0 Å². The first-order valence-electron chi connectivity index (χ1n) is 8.59. The lowest BCUT2D eigenvalue weighted by molar-refractivity contribution is -0.136. The van der Waals surface area contributed by atoms with Gasteiger partial charge < -0.3 is 10.4 Å². The molecule has 0 bridgehead atoms. The molecule has 0 heterocycles. The topological polar surface area (TPSA) is 66.4 Å². The van der Waals surface area contributed by atoms with Gasteiger partial charge in [0.2, 0.25) is 5.91 Å². The number of nitrogens with one attached hydrogen (secondary N) is 1. The van der Waals surface area contributed by atoms with Crippen LogP contribution in [0.5, 0.6) is 0 Å². The van der Waals surface area contributed by atoms with Crippen LogP contribution >= 0.6 is 0 Å². The SMILES string of the molecule is CC.CCCCCCC(=O)NCc1ccc(CC(=O)O)c(C)c1. The Morgan fingerprint density at radius 2 is 1.83 bits per heavy atom. The van der Waals surface area contributed by atoms with E-state index >= 15 is 0 Å². The number of benzene rings is 1. The summed E-state index contributed by atoms with van der Waals surface area (Å²) in [6.07, 6.45) is 5.01. The van der Waals surface area contributed by atoms with Crippen LogP contribution in [0.1, 0.15) is 69.6 Å². The van der Waals surface area contributed by atoms with Crippen molar-refractivity contribution >= 4 is 11.9 Å². The Hall–Kier alpha value is -1.84. The lowest BCUT2D eigenvalue weighted by Crippen LogP contribution is -2.22. The zero-order valence-corrected chi connectivity index (χ0v) is 14.9. The molecule has 1 amide bonds. The van der Waals surface area contributed by atoms with Crippen LogP contribution in [0.15, 0.2) is 18.2 Å². The van der Waals surface area contributed by atoms with E-state index in [9.17, 15) is 9.59 Å². The normalized spacial score (nSPS) is 9.74. The first-order chi connectivity index (χ1) is 11.0. The Morgan fingerprint density at radius 3 is 2.39 bits per heavy atom. The van der Waals surface area contributed by atoms with Gasteiger partial charge in [0.15, 0.2) is 0 Å². The molecule has 1 aromatic rings. The quantitative estimate of drug-likeness (QED) is 0.669. The lowest BCUT2D eigenvalue weighted by atomic mass is 10.0. The third kappa shape index (κ3) is 9.72. The molecule has 130 valence electrons. The van der Waals surface area contributed by atoms with Gasteiger partial charge in [-0.05, 0) is 30.0 Å². The fourth-order valence-electron chi connectivity index (χ4n) is 2.23.